The van der Waals surface area contributed by atoms with E-state index in [1.807, 2.05) is 31.2 Å². The number of aryl methyl sites for hydroxylation is 1. The topological polar surface area (TPSA) is 114 Å². The third-order valence-corrected chi connectivity index (χ3v) is 5.03. The van der Waals surface area contributed by atoms with Gasteiger partial charge in [0, 0.05) is 24.9 Å². The van der Waals surface area contributed by atoms with E-state index < -0.39 is 6.04 Å². The van der Waals surface area contributed by atoms with Crippen LogP contribution in [0.15, 0.2) is 60.1 Å². The normalized spacial score (nSPS) is 15.3. The van der Waals surface area contributed by atoms with E-state index >= 15 is 0 Å². The molecule has 0 aliphatic carbocycles. The Balaban J connectivity index is 1.77. The van der Waals surface area contributed by atoms with Gasteiger partial charge >= 0.3 is 0 Å². The van der Waals surface area contributed by atoms with Gasteiger partial charge in [-0.1, -0.05) is 12.1 Å². The molecular formula is C22H24N6O3. The number of pyridine rings is 1. The Labute approximate surface area is 179 Å². The fourth-order valence-electron chi connectivity index (χ4n) is 3.59. The number of benzene rings is 1. The first-order valence-electron chi connectivity index (χ1n) is 10.00. The second kappa shape index (κ2) is 8.97. The van der Waals surface area contributed by atoms with Gasteiger partial charge in [-0.05, 0) is 43.2 Å². The summed E-state index contributed by atoms with van der Waals surface area (Å²) >= 11 is 0. The third-order valence-electron chi connectivity index (χ3n) is 5.03. The summed E-state index contributed by atoms with van der Waals surface area (Å²) < 4.78 is 7.11. The van der Waals surface area contributed by atoms with E-state index in [9.17, 15) is 4.79 Å². The van der Waals surface area contributed by atoms with E-state index in [0.29, 0.717) is 47.3 Å². The number of aliphatic hydroxyl groups excluding tert-OH is 1. The summed E-state index contributed by atoms with van der Waals surface area (Å²) in [5.74, 6) is 1.58. The number of fused-ring (bicyclic) bond motifs is 1. The van der Waals surface area contributed by atoms with Crippen LogP contribution in [0.25, 0.3) is 0 Å². The lowest BCUT2D eigenvalue weighted by Gasteiger charge is -2.28. The number of nitrogens with zero attached hydrogens (tertiary/aromatic N) is 4. The Kier molecular flexibility index (Phi) is 5.94. The quantitative estimate of drug-likeness (QED) is 0.538. The van der Waals surface area contributed by atoms with Crippen molar-refractivity contribution in [2.75, 3.05) is 24.4 Å². The molecule has 0 unspecified atom stereocenters. The zero-order valence-electron chi connectivity index (χ0n) is 17.4. The summed E-state index contributed by atoms with van der Waals surface area (Å²) in [7, 11) is 1.60. The number of carbonyl (C=O) groups is 1. The minimum Gasteiger partial charge on any atom is -0.497 e. The van der Waals surface area contributed by atoms with E-state index in [0.717, 1.165) is 5.56 Å². The molecule has 9 heteroatoms. The fourth-order valence-corrected chi connectivity index (χ4v) is 3.59. The predicted octanol–water partition coefficient (Wildman–Crippen LogP) is 2.53. The SMILES string of the molecule is COc1cccc([C@H]2C(C(=O)Nc3cccnc3)=C(C)Nc3nc(CCCO)nn32)c1. The van der Waals surface area contributed by atoms with Crippen LogP contribution in [0.2, 0.25) is 0 Å². The number of carbonyl (C=O) groups excluding carboxylic acids is 1. The number of methoxy groups -OCH3 is 1. The Bertz CT molecular complexity index is 1110. The van der Waals surface area contributed by atoms with Gasteiger partial charge in [0.05, 0.1) is 24.6 Å². The predicted molar refractivity (Wildman–Crippen MR) is 116 cm³/mol. The van der Waals surface area contributed by atoms with E-state index in [1.54, 1.807) is 36.3 Å². The molecule has 3 heterocycles. The van der Waals surface area contributed by atoms with Crippen molar-refractivity contribution >= 4 is 17.5 Å². The van der Waals surface area contributed by atoms with Crippen LogP contribution in [-0.2, 0) is 11.2 Å². The largest absolute Gasteiger partial charge is 0.497 e. The molecular weight excluding hydrogens is 396 g/mol. The molecule has 0 saturated carbocycles. The summed E-state index contributed by atoms with van der Waals surface area (Å²) in [6.45, 7) is 1.91. The lowest BCUT2D eigenvalue weighted by atomic mass is 9.95. The second-order valence-corrected chi connectivity index (χ2v) is 7.16. The number of rotatable bonds is 7. The van der Waals surface area contributed by atoms with Gasteiger partial charge in [0.1, 0.15) is 11.8 Å². The van der Waals surface area contributed by atoms with Crippen LogP contribution in [0, 0.1) is 0 Å². The number of hydrogen-bond donors (Lipinski definition) is 3. The highest BCUT2D eigenvalue weighted by molar-refractivity contribution is 6.05. The van der Waals surface area contributed by atoms with Crippen molar-refractivity contribution in [3.63, 3.8) is 0 Å². The summed E-state index contributed by atoms with van der Waals surface area (Å²) in [6.07, 6.45) is 4.35. The lowest BCUT2D eigenvalue weighted by Crippen LogP contribution is -2.31. The molecule has 1 aliphatic heterocycles. The van der Waals surface area contributed by atoms with Crippen LogP contribution >= 0.6 is 0 Å². The fraction of sp³-hybridized carbons (Fsp3) is 0.273. The first-order valence-corrected chi connectivity index (χ1v) is 10.00. The van der Waals surface area contributed by atoms with Crippen molar-refractivity contribution in [1.82, 2.24) is 19.7 Å². The standard InChI is InChI=1S/C22H24N6O3/c1-14-19(21(30)25-16-7-4-10-23-13-16)20(15-6-3-8-17(12-15)31-2)28-22(24-14)26-18(27-28)9-5-11-29/h3-4,6-8,10,12-13,20,29H,5,9,11H2,1-2H3,(H,25,30)(H,24,26,27)/t20-/m0/s1. The molecule has 0 fully saturated rings. The Hall–Kier alpha value is -3.72. The molecule has 0 saturated heterocycles. The molecule has 4 rings (SSSR count). The number of aromatic nitrogens is 4. The van der Waals surface area contributed by atoms with Crippen molar-refractivity contribution in [2.24, 2.45) is 0 Å². The average Bonchev–Trinajstić information content (AvgIpc) is 3.19. The highest BCUT2D eigenvalue weighted by Crippen LogP contribution is 2.36. The van der Waals surface area contributed by atoms with Crippen LogP contribution in [0.5, 0.6) is 5.75 Å². The van der Waals surface area contributed by atoms with Gasteiger partial charge in [-0.15, -0.1) is 0 Å². The van der Waals surface area contributed by atoms with E-state index in [4.69, 9.17) is 9.84 Å². The first-order chi connectivity index (χ1) is 15.1. The number of aliphatic hydroxyl groups is 1. The molecule has 0 radical (unpaired) electrons. The smallest absolute Gasteiger partial charge is 0.255 e. The molecule has 160 valence electrons. The van der Waals surface area contributed by atoms with Crippen molar-refractivity contribution in [2.45, 2.75) is 25.8 Å². The lowest BCUT2D eigenvalue weighted by molar-refractivity contribution is -0.113. The van der Waals surface area contributed by atoms with Crippen LogP contribution in [-0.4, -0.2) is 44.5 Å². The number of hydrogen-bond acceptors (Lipinski definition) is 7. The van der Waals surface area contributed by atoms with Gasteiger partial charge in [0.2, 0.25) is 5.95 Å². The van der Waals surface area contributed by atoms with Crippen molar-refractivity contribution in [1.29, 1.82) is 0 Å². The number of allylic oxidation sites excluding steroid dienone is 1. The summed E-state index contributed by atoms with van der Waals surface area (Å²) in [4.78, 5) is 22.0. The molecule has 2 aromatic heterocycles. The van der Waals surface area contributed by atoms with Crippen molar-refractivity contribution < 1.29 is 14.6 Å². The maximum absolute atomic E-state index is 13.3. The van der Waals surface area contributed by atoms with Gasteiger partial charge in [0.15, 0.2) is 5.82 Å². The van der Waals surface area contributed by atoms with Gasteiger partial charge in [0.25, 0.3) is 5.91 Å². The Morgan fingerprint density at radius 1 is 1.32 bits per heavy atom. The van der Waals surface area contributed by atoms with Gasteiger partial charge < -0.3 is 20.5 Å². The number of amides is 1. The van der Waals surface area contributed by atoms with Crippen LogP contribution < -0.4 is 15.4 Å². The van der Waals surface area contributed by atoms with Crippen LogP contribution in [0.3, 0.4) is 0 Å². The van der Waals surface area contributed by atoms with Gasteiger partial charge in [-0.3, -0.25) is 9.78 Å². The third kappa shape index (κ3) is 4.26. The molecule has 1 atom stereocenters. The highest BCUT2D eigenvalue weighted by Gasteiger charge is 2.34. The molecule has 3 aromatic rings. The number of anilines is 2. The molecule has 31 heavy (non-hydrogen) atoms. The van der Waals surface area contributed by atoms with Crippen LogP contribution in [0.4, 0.5) is 11.6 Å². The molecule has 1 amide bonds. The minimum absolute atomic E-state index is 0.0622. The van der Waals surface area contributed by atoms with Crippen molar-refractivity contribution in [3.05, 3.63) is 71.4 Å². The van der Waals surface area contributed by atoms with E-state index in [-0.39, 0.29) is 12.5 Å². The zero-order chi connectivity index (χ0) is 21.8. The molecule has 9 nitrogen and oxygen atoms in total. The van der Waals surface area contributed by atoms with E-state index in [2.05, 4.69) is 25.7 Å². The Morgan fingerprint density at radius 3 is 2.94 bits per heavy atom. The first kappa shape index (κ1) is 20.5. The molecule has 1 aliphatic rings. The summed E-state index contributed by atoms with van der Waals surface area (Å²) in [6, 6.07) is 10.6. The summed E-state index contributed by atoms with van der Waals surface area (Å²) in [5, 5.41) is 19.9. The van der Waals surface area contributed by atoms with E-state index in [1.165, 1.54) is 0 Å². The molecule has 0 bridgehead atoms. The Morgan fingerprint density at radius 2 is 2.19 bits per heavy atom. The molecule has 3 N–H and O–H groups in total. The summed E-state index contributed by atoms with van der Waals surface area (Å²) in [5.41, 5.74) is 2.65. The molecule has 0 spiro atoms. The zero-order valence-corrected chi connectivity index (χ0v) is 17.4. The second-order valence-electron chi connectivity index (χ2n) is 7.16. The number of nitrogens with one attached hydrogen (secondary N) is 2. The van der Waals surface area contributed by atoms with Gasteiger partial charge in [-0.25, -0.2) is 4.68 Å². The maximum atomic E-state index is 13.3. The van der Waals surface area contributed by atoms with Gasteiger partial charge in [-0.2, -0.15) is 10.1 Å². The average molecular weight is 420 g/mol. The highest BCUT2D eigenvalue weighted by atomic mass is 16.5. The van der Waals surface area contributed by atoms with Crippen LogP contribution in [0.1, 0.15) is 30.8 Å². The number of ether oxygens (including phenoxy) is 1. The minimum atomic E-state index is -0.501. The van der Waals surface area contributed by atoms with Crippen molar-refractivity contribution in [3.8, 4) is 5.75 Å². The molecule has 1 aromatic carbocycles. The monoisotopic (exact) mass is 420 g/mol. The maximum Gasteiger partial charge on any atom is 0.255 e.